The largest absolute Gasteiger partial charge is 0.460 e. The lowest BCUT2D eigenvalue weighted by Crippen LogP contribution is -2.04. The Hall–Kier alpha value is -1.32. The van der Waals surface area contributed by atoms with Gasteiger partial charge in [0.2, 0.25) is 6.29 Å². The second-order valence-corrected chi connectivity index (χ2v) is 5.24. The summed E-state index contributed by atoms with van der Waals surface area (Å²) in [5.74, 6) is 0.711. The van der Waals surface area contributed by atoms with Crippen LogP contribution in [0.3, 0.4) is 0 Å². The Kier molecular flexibility index (Phi) is 3.82. The van der Waals surface area contributed by atoms with Crippen molar-refractivity contribution in [2.24, 2.45) is 0 Å². The SMILES string of the molecule is CCc1cccc(OC(O)c2ccc(C)s2)c1. The van der Waals surface area contributed by atoms with Crippen LogP contribution in [0.4, 0.5) is 0 Å². The first-order valence-electron chi connectivity index (χ1n) is 5.69. The van der Waals surface area contributed by atoms with E-state index < -0.39 is 6.29 Å². The molecule has 0 radical (unpaired) electrons. The average molecular weight is 248 g/mol. The Balaban J connectivity index is 2.09. The maximum absolute atomic E-state index is 9.94. The van der Waals surface area contributed by atoms with Gasteiger partial charge >= 0.3 is 0 Å². The zero-order valence-electron chi connectivity index (χ0n) is 10.0. The quantitative estimate of drug-likeness (QED) is 0.836. The van der Waals surface area contributed by atoms with E-state index in [4.69, 9.17) is 4.74 Å². The van der Waals surface area contributed by atoms with Crippen LogP contribution in [0.25, 0.3) is 0 Å². The van der Waals surface area contributed by atoms with E-state index in [0.29, 0.717) is 5.75 Å². The van der Waals surface area contributed by atoms with Crippen LogP contribution in [-0.4, -0.2) is 5.11 Å². The number of benzene rings is 1. The maximum Gasteiger partial charge on any atom is 0.233 e. The maximum atomic E-state index is 9.94. The molecule has 0 aliphatic heterocycles. The minimum absolute atomic E-state index is 0.711. The molecule has 1 aromatic heterocycles. The summed E-state index contributed by atoms with van der Waals surface area (Å²) < 4.78 is 5.52. The number of rotatable bonds is 4. The Morgan fingerprint density at radius 3 is 2.76 bits per heavy atom. The lowest BCUT2D eigenvalue weighted by atomic mass is 10.2. The number of aliphatic hydroxyl groups is 1. The molecule has 17 heavy (non-hydrogen) atoms. The van der Waals surface area contributed by atoms with Crippen LogP contribution in [0, 0.1) is 6.92 Å². The topological polar surface area (TPSA) is 29.5 Å². The van der Waals surface area contributed by atoms with E-state index in [1.807, 2.05) is 37.3 Å². The molecule has 0 amide bonds. The van der Waals surface area contributed by atoms with Crippen molar-refractivity contribution in [2.75, 3.05) is 0 Å². The van der Waals surface area contributed by atoms with Gasteiger partial charge < -0.3 is 9.84 Å². The fraction of sp³-hybridized carbons (Fsp3) is 0.286. The van der Waals surface area contributed by atoms with E-state index in [2.05, 4.69) is 13.0 Å². The summed E-state index contributed by atoms with van der Waals surface area (Å²) in [6, 6.07) is 11.7. The predicted octanol–water partition coefficient (Wildman–Crippen LogP) is 3.69. The van der Waals surface area contributed by atoms with E-state index in [9.17, 15) is 5.11 Å². The first-order valence-corrected chi connectivity index (χ1v) is 6.50. The van der Waals surface area contributed by atoms with Crippen LogP contribution in [-0.2, 0) is 6.42 Å². The third kappa shape index (κ3) is 3.08. The third-order valence-corrected chi connectivity index (χ3v) is 3.59. The highest BCUT2D eigenvalue weighted by atomic mass is 32.1. The molecule has 90 valence electrons. The molecule has 0 fully saturated rings. The number of hydrogen-bond acceptors (Lipinski definition) is 3. The van der Waals surface area contributed by atoms with Gasteiger partial charge in [0, 0.05) is 4.88 Å². The highest BCUT2D eigenvalue weighted by molar-refractivity contribution is 7.11. The highest BCUT2D eigenvalue weighted by Crippen LogP contribution is 2.26. The van der Waals surface area contributed by atoms with Gasteiger partial charge in [-0.1, -0.05) is 19.1 Å². The van der Waals surface area contributed by atoms with Gasteiger partial charge in [-0.25, -0.2) is 0 Å². The number of ether oxygens (including phenoxy) is 1. The molecule has 0 saturated carbocycles. The molecule has 1 N–H and O–H groups in total. The van der Waals surface area contributed by atoms with Crippen molar-refractivity contribution in [1.82, 2.24) is 0 Å². The molecular weight excluding hydrogens is 232 g/mol. The zero-order chi connectivity index (χ0) is 12.3. The van der Waals surface area contributed by atoms with Crippen molar-refractivity contribution < 1.29 is 9.84 Å². The van der Waals surface area contributed by atoms with Gasteiger partial charge in [-0.2, -0.15) is 0 Å². The lowest BCUT2D eigenvalue weighted by molar-refractivity contribution is -0.0165. The molecule has 0 aliphatic carbocycles. The Labute approximate surface area is 105 Å². The average Bonchev–Trinajstić information content (AvgIpc) is 2.76. The molecule has 2 nitrogen and oxygen atoms in total. The molecule has 0 spiro atoms. The summed E-state index contributed by atoms with van der Waals surface area (Å²) in [5, 5.41) is 9.94. The molecule has 1 heterocycles. The van der Waals surface area contributed by atoms with Gasteiger partial charge in [-0.3, -0.25) is 0 Å². The molecule has 3 heteroatoms. The van der Waals surface area contributed by atoms with Gasteiger partial charge in [0.15, 0.2) is 0 Å². The van der Waals surface area contributed by atoms with Crippen molar-refractivity contribution in [3.63, 3.8) is 0 Å². The summed E-state index contributed by atoms with van der Waals surface area (Å²) in [5.41, 5.74) is 1.21. The monoisotopic (exact) mass is 248 g/mol. The molecule has 2 aromatic rings. The van der Waals surface area contributed by atoms with Crippen LogP contribution < -0.4 is 4.74 Å². The van der Waals surface area contributed by atoms with E-state index in [-0.39, 0.29) is 0 Å². The molecule has 1 aromatic carbocycles. The van der Waals surface area contributed by atoms with E-state index in [0.717, 1.165) is 11.3 Å². The summed E-state index contributed by atoms with van der Waals surface area (Å²) in [6.45, 7) is 4.11. The Morgan fingerprint density at radius 2 is 2.12 bits per heavy atom. The van der Waals surface area contributed by atoms with Gasteiger partial charge in [0.05, 0.1) is 4.88 Å². The second kappa shape index (κ2) is 5.34. The third-order valence-electron chi connectivity index (χ3n) is 2.56. The van der Waals surface area contributed by atoms with E-state index in [1.54, 1.807) is 11.3 Å². The van der Waals surface area contributed by atoms with Crippen LogP contribution in [0.5, 0.6) is 5.75 Å². The molecular formula is C14H16O2S. The minimum Gasteiger partial charge on any atom is -0.460 e. The van der Waals surface area contributed by atoms with Crippen LogP contribution in [0.2, 0.25) is 0 Å². The molecule has 0 bridgehead atoms. The van der Waals surface area contributed by atoms with Crippen LogP contribution >= 0.6 is 11.3 Å². The summed E-state index contributed by atoms with van der Waals surface area (Å²) in [7, 11) is 0. The van der Waals surface area contributed by atoms with E-state index >= 15 is 0 Å². The standard InChI is InChI=1S/C14H16O2S/c1-3-11-5-4-6-12(9-11)16-14(15)13-8-7-10(2)17-13/h4-9,14-15H,3H2,1-2H3. The molecule has 1 unspecified atom stereocenters. The smallest absolute Gasteiger partial charge is 0.233 e. The summed E-state index contributed by atoms with van der Waals surface area (Å²) in [4.78, 5) is 2.01. The van der Waals surface area contributed by atoms with Crippen molar-refractivity contribution in [3.05, 3.63) is 51.7 Å². The van der Waals surface area contributed by atoms with Gasteiger partial charge in [-0.05, 0) is 43.2 Å². The van der Waals surface area contributed by atoms with Gasteiger partial charge in [0.25, 0.3) is 0 Å². The molecule has 2 rings (SSSR count). The van der Waals surface area contributed by atoms with Crippen LogP contribution in [0.1, 0.15) is 28.5 Å². The van der Waals surface area contributed by atoms with Gasteiger partial charge in [0.1, 0.15) is 5.75 Å². The second-order valence-electron chi connectivity index (χ2n) is 3.92. The Morgan fingerprint density at radius 1 is 1.29 bits per heavy atom. The number of thiophene rings is 1. The summed E-state index contributed by atoms with van der Waals surface area (Å²) >= 11 is 1.55. The summed E-state index contributed by atoms with van der Waals surface area (Å²) in [6.07, 6.45) is 0.0894. The van der Waals surface area contributed by atoms with Gasteiger partial charge in [-0.15, -0.1) is 11.3 Å². The van der Waals surface area contributed by atoms with Crippen molar-refractivity contribution in [3.8, 4) is 5.75 Å². The lowest BCUT2D eigenvalue weighted by Gasteiger charge is -2.12. The van der Waals surface area contributed by atoms with Crippen molar-refractivity contribution >= 4 is 11.3 Å². The number of aliphatic hydroxyl groups excluding tert-OH is 1. The molecule has 1 atom stereocenters. The zero-order valence-corrected chi connectivity index (χ0v) is 10.8. The predicted molar refractivity (Wildman–Crippen MR) is 70.5 cm³/mol. The van der Waals surface area contributed by atoms with Crippen molar-refractivity contribution in [2.45, 2.75) is 26.6 Å². The van der Waals surface area contributed by atoms with Crippen molar-refractivity contribution in [1.29, 1.82) is 0 Å². The minimum atomic E-state index is -0.874. The molecule has 0 saturated heterocycles. The number of hydrogen-bond donors (Lipinski definition) is 1. The first-order chi connectivity index (χ1) is 8.19. The van der Waals surface area contributed by atoms with Crippen LogP contribution in [0.15, 0.2) is 36.4 Å². The highest BCUT2D eigenvalue weighted by Gasteiger charge is 2.11. The molecule has 0 aliphatic rings. The first kappa shape index (κ1) is 12.1. The Bertz CT molecular complexity index is 490. The fourth-order valence-electron chi connectivity index (χ4n) is 1.61. The van der Waals surface area contributed by atoms with E-state index in [1.165, 1.54) is 10.4 Å². The number of aryl methyl sites for hydroxylation is 2. The normalized spacial score (nSPS) is 12.4. The fourth-order valence-corrected chi connectivity index (χ4v) is 2.40.